The van der Waals surface area contributed by atoms with Crippen LogP contribution in [0.3, 0.4) is 0 Å². The summed E-state index contributed by atoms with van der Waals surface area (Å²) < 4.78 is 0. The molecule has 0 amide bonds. The maximum atomic E-state index is 5.38. The molecular weight excluding hydrogens is 155 g/mol. The van der Waals surface area contributed by atoms with Crippen molar-refractivity contribution in [1.82, 2.24) is 0 Å². The maximum absolute atomic E-state index is 5.38. The normalized spacial score (nSPS) is 11.2. The highest BCUT2D eigenvalue weighted by Crippen LogP contribution is 2.11. The summed E-state index contributed by atoms with van der Waals surface area (Å²) in [4.78, 5) is 0. The number of hydrogen-bond donors (Lipinski definition) is 1. The predicted molar refractivity (Wildman–Crippen MR) is 59.4 cm³/mol. The van der Waals surface area contributed by atoms with Gasteiger partial charge in [-0.05, 0) is 24.1 Å². The van der Waals surface area contributed by atoms with Gasteiger partial charge in [0.1, 0.15) is 0 Å². The Kier molecular flexibility index (Phi) is 3.13. The van der Waals surface area contributed by atoms with Crippen molar-refractivity contribution >= 4 is 29.2 Å². The summed E-state index contributed by atoms with van der Waals surface area (Å²) in [7, 11) is 16.1. The van der Waals surface area contributed by atoms with E-state index in [0.29, 0.717) is 0 Å². The Labute approximate surface area is 83.5 Å². The Morgan fingerprint density at radius 1 is 1.15 bits per heavy atom. The molecule has 0 aliphatic heterocycles. The lowest BCUT2D eigenvalue weighted by atomic mass is 9.49. The molecule has 13 heavy (non-hydrogen) atoms. The van der Waals surface area contributed by atoms with Crippen LogP contribution in [0.1, 0.15) is 12.5 Å². The number of nitrogens with one attached hydrogen (secondary N) is 1. The molecule has 0 aliphatic carbocycles. The van der Waals surface area contributed by atoms with Gasteiger partial charge in [-0.3, -0.25) is 0 Å². The molecule has 0 saturated carbocycles. The van der Waals surface area contributed by atoms with E-state index in [2.05, 4.69) is 12.2 Å². The first kappa shape index (κ1) is 10.3. The quantitative estimate of drug-likeness (QED) is 0.652. The number of benzene rings is 1. The molecule has 1 aromatic rings. The van der Waals surface area contributed by atoms with Gasteiger partial charge in [-0.1, -0.05) is 24.3 Å². The van der Waals surface area contributed by atoms with Crippen molar-refractivity contribution in [1.29, 1.82) is 0 Å². The highest BCUT2D eigenvalue weighted by atomic mass is 14.9. The lowest BCUT2D eigenvalue weighted by Gasteiger charge is -2.23. The van der Waals surface area contributed by atoms with Gasteiger partial charge in [0.25, 0.3) is 0 Å². The molecule has 0 aromatic heterocycles. The highest BCUT2D eigenvalue weighted by Gasteiger charge is 2.07. The molecule has 0 aliphatic rings. The molecule has 6 radical (unpaired) electrons. The average Bonchev–Trinajstić information content (AvgIpc) is 2.03. The summed E-state index contributed by atoms with van der Waals surface area (Å²) >= 11 is 0. The molecule has 0 fully saturated rings. The van der Waals surface area contributed by atoms with E-state index in [1.807, 2.05) is 24.3 Å². The predicted octanol–water partition coefficient (Wildman–Crippen LogP) is 0.778. The minimum Gasteiger partial charge on any atom is -0.405 e. The van der Waals surface area contributed by atoms with Crippen LogP contribution >= 0.6 is 0 Å². The van der Waals surface area contributed by atoms with Crippen molar-refractivity contribution in [3.63, 3.8) is 0 Å². The van der Waals surface area contributed by atoms with Crippen LogP contribution in [0.4, 0.5) is 5.69 Å². The summed E-state index contributed by atoms with van der Waals surface area (Å²) in [5, 5.41) is 1.41. The summed E-state index contributed by atoms with van der Waals surface area (Å²) in [6, 6.07) is 7.82. The van der Waals surface area contributed by atoms with E-state index < -0.39 is 5.24 Å². The molecule has 1 rings (SSSR count). The second-order valence-electron chi connectivity index (χ2n) is 3.11. The molecule has 0 spiro atoms. The summed E-state index contributed by atoms with van der Waals surface area (Å²) in [6.45, 7) is 2.10. The van der Waals surface area contributed by atoms with Crippen LogP contribution in [0, 0.1) is 0 Å². The van der Waals surface area contributed by atoms with E-state index >= 15 is 0 Å². The fourth-order valence-electron chi connectivity index (χ4n) is 1.07. The molecule has 0 bridgehead atoms. The lowest BCUT2D eigenvalue weighted by Crippen LogP contribution is -2.39. The van der Waals surface area contributed by atoms with Crippen LogP contribution in [-0.4, -0.2) is 28.8 Å². The average molecular weight is 165 g/mol. The topological polar surface area (TPSA) is 12.0 Å². The van der Waals surface area contributed by atoms with Gasteiger partial charge in [-0.2, -0.15) is 0 Å². The van der Waals surface area contributed by atoms with Crippen LogP contribution in [0.15, 0.2) is 24.3 Å². The van der Waals surface area contributed by atoms with E-state index in [9.17, 15) is 0 Å². The SMILES string of the molecule is [B]C([B])([B])Nc1ccc(CC)cc1. The van der Waals surface area contributed by atoms with E-state index in [4.69, 9.17) is 23.5 Å². The fourth-order valence-corrected chi connectivity index (χ4v) is 1.07. The first-order valence-corrected chi connectivity index (χ1v) is 4.25. The van der Waals surface area contributed by atoms with Gasteiger partial charge in [-0.25, -0.2) is 0 Å². The molecule has 60 valence electrons. The Morgan fingerprint density at radius 2 is 1.69 bits per heavy atom. The van der Waals surface area contributed by atoms with Crippen LogP contribution in [0.25, 0.3) is 0 Å². The second-order valence-corrected chi connectivity index (χ2v) is 3.11. The van der Waals surface area contributed by atoms with Crippen molar-refractivity contribution < 1.29 is 0 Å². The van der Waals surface area contributed by atoms with Crippen LogP contribution in [0.2, 0.25) is 0 Å². The Bertz CT molecular complexity index is 263. The van der Waals surface area contributed by atoms with Gasteiger partial charge in [0, 0.05) is 5.69 Å². The third-order valence-electron chi connectivity index (χ3n) is 1.72. The van der Waals surface area contributed by atoms with Gasteiger partial charge in [0.2, 0.25) is 0 Å². The number of aryl methyl sites for hydroxylation is 1. The standard InChI is InChI=1S/C9H10B3N/c1-2-7-3-5-8(6-4-7)13-9(10,11)12/h3-6,13H,2H2,1H3. The molecule has 1 N–H and O–H groups in total. The number of hydrogen-bond acceptors (Lipinski definition) is 1. The van der Waals surface area contributed by atoms with Gasteiger partial charge in [0.05, 0.1) is 23.5 Å². The first-order chi connectivity index (χ1) is 6.01. The van der Waals surface area contributed by atoms with Crippen molar-refractivity contribution in [3.05, 3.63) is 29.8 Å². The van der Waals surface area contributed by atoms with E-state index in [0.717, 1.165) is 12.1 Å². The van der Waals surface area contributed by atoms with E-state index in [1.165, 1.54) is 5.56 Å². The lowest BCUT2D eigenvalue weighted by molar-refractivity contribution is 1.14. The summed E-state index contributed by atoms with van der Waals surface area (Å²) in [6.07, 6.45) is 1.01. The van der Waals surface area contributed by atoms with Gasteiger partial charge in [0.15, 0.2) is 0 Å². The number of rotatable bonds is 3. The molecular formula is C9H10B3N. The Morgan fingerprint density at radius 3 is 2.08 bits per heavy atom. The van der Waals surface area contributed by atoms with Crippen molar-refractivity contribution in [2.45, 2.75) is 18.6 Å². The summed E-state index contributed by atoms with van der Waals surface area (Å²) in [5.41, 5.74) is 2.09. The third-order valence-corrected chi connectivity index (χ3v) is 1.72. The Hall–Kier alpha value is -0.785. The zero-order chi connectivity index (χ0) is 9.90. The van der Waals surface area contributed by atoms with Crippen LogP contribution < -0.4 is 5.32 Å². The monoisotopic (exact) mass is 165 g/mol. The molecule has 1 aromatic carbocycles. The molecule has 0 saturated heterocycles. The molecule has 4 heteroatoms. The molecule has 0 heterocycles. The highest BCUT2D eigenvalue weighted by molar-refractivity contribution is 6.60. The maximum Gasteiger partial charge on any atom is 0.0769 e. The Balaban J connectivity index is 2.70. The zero-order valence-electron chi connectivity index (χ0n) is 7.75. The van der Waals surface area contributed by atoms with Gasteiger partial charge in [-0.15, -0.1) is 0 Å². The van der Waals surface area contributed by atoms with Gasteiger partial charge >= 0.3 is 0 Å². The largest absolute Gasteiger partial charge is 0.405 e. The van der Waals surface area contributed by atoms with Crippen molar-refractivity contribution in [3.8, 4) is 0 Å². The van der Waals surface area contributed by atoms with Crippen LogP contribution in [-0.2, 0) is 6.42 Å². The summed E-state index contributed by atoms with van der Waals surface area (Å²) in [5.74, 6) is 0. The minimum absolute atomic E-state index is 0.824. The minimum atomic E-state index is -1.35. The fraction of sp³-hybridized carbons (Fsp3) is 0.333. The molecule has 1 nitrogen and oxygen atoms in total. The zero-order valence-corrected chi connectivity index (χ0v) is 7.75. The smallest absolute Gasteiger partial charge is 0.0769 e. The van der Waals surface area contributed by atoms with Crippen molar-refractivity contribution in [2.75, 3.05) is 5.32 Å². The van der Waals surface area contributed by atoms with E-state index in [1.54, 1.807) is 0 Å². The van der Waals surface area contributed by atoms with Gasteiger partial charge < -0.3 is 5.32 Å². The third kappa shape index (κ3) is 3.62. The second kappa shape index (κ2) is 3.95. The molecule has 0 unspecified atom stereocenters. The van der Waals surface area contributed by atoms with Crippen LogP contribution in [0.5, 0.6) is 0 Å². The molecule has 0 atom stereocenters. The first-order valence-electron chi connectivity index (χ1n) is 4.25. The van der Waals surface area contributed by atoms with E-state index in [-0.39, 0.29) is 0 Å². The number of anilines is 1. The van der Waals surface area contributed by atoms with Crippen molar-refractivity contribution in [2.24, 2.45) is 0 Å².